The zero-order valence-corrected chi connectivity index (χ0v) is 24.2. The van der Waals surface area contributed by atoms with Crippen LogP contribution in [0.2, 0.25) is 0 Å². The number of para-hydroxylation sites is 1. The molecule has 3 aromatic carbocycles. The van der Waals surface area contributed by atoms with Crippen molar-refractivity contribution < 1.29 is 14.3 Å². The van der Waals surface area contributed by atoms with Crippen molar-refractivity contribution >= 4 is 28.1 Å². The molecule has 7 nitrogen and oxygen atoms in total. The zero-order valence-electron chi connectivity index (χ0n) is 24.2. The first-order chi connectivity index (χ1) is 19.9. The van der Waals surface area contributed by atoms with E-state index in [1.807, 2.05) is 41.1 Å². The van der Waals surface area contributed by atoms with Crippen LogP contribution in [0.5, 0.6) is 5.75 Å². The summed E-state index contributed by atoms with van der Waals surface area (Å²) in [6.07, 6.45) is 3.39. The molecular weight excluding hydrogens is 512 g/mol. The van der Waals surface area contributed by atoms with Gasteiger partial charge in [0.1, 0.15) is 18.1 Å². The van der Waals surface area contributed by atoms with E-state index in [9.17, 15) is 4.79 Å². The first kappa shape index (κ1) is 28.1. The Morgan fingerprint density at radius 2 is 1.88 bits per heavy atom. The van der Waals surface area contributed by atoms with Crippen molar-refractivity contribution in [1.82, 2.24) is 14.7 Å². The molecule has 0 bridgehead atoms. The van der Waals surface area contributed by atoms with E-state index in [2.05, 4.69) is 61.0 Å². The third-order valence-corrected chi connectivity index (χ3v) is 7.41. The molecule has 41 heavy (non-hydrogen) atoms. The minimum absolute atomic E-state index is 0.155. The first-order valence-corrected chi connectivity index (χ1v) is 14.1. The smallest absolute Gasteiger partial charge is 0.310 e. The van der Waals surface area contributed by atoms with Crippen molar-refractivity contribution in [3.05, 3.63) is 95.0 Å². The van der Waals surface area contributed by atoms with Crippen LogP contribution in [0.25, 0.3) is 32.4 Å². The van der Waals surface area contributed by atoms with Crippen molar-refractivity contribution in [3.63, 3.8) is 0 Å². The molecule has 1 aromatic heterocycles. The number of ether oxygens (including phenoxy) is 2. The number of carbonyl (C=O) groups is 1. The molecule has 5 rings (SSSR count). The Morgan fingerprint density at radius 3 is 2.61 bits per heavy atom. The summed E-state index contributed by atoms with van der Waals surface area (Å²) in [5, 5.41) is 5.94. The quantitative estimate of drug-likeness (QED) is 0.163. The van der Waals surface area contributed by atoms with Crippen LogP contribution in [0.1, 0.15) is 50.1 Å². The van der Waals surface area contributed by atoms with Crippen LogP contribution in [-0.2, 0) is 22.6 Å². The number of esters is 1. The van der Waals surface area contributed by atoms with Gasteiger partial charge >= 0.3 is 5.97 Å². The highest BCUT2D eigenvalue weighted by atomic mass is 16.5. The Hall–Kier alpha value is -4.41. The molecule has 0 aliphatic carbocycles. The fraction of sp³-hybridized carbons (Fsp3) is 0.324. The average molecular weight is 549 g/mol. The van der Waals surface area contributed by atoms with Crippen molar-refractivity contribution in [2.75, 3.05) is 26.7 Å². The van der Waals surface area contributed by atoms with Gasteiger partial charge in [0.25, 0.3) is 0 Å². The second-order valence-corrected chi connectivity index (χ2v) is 10.7. The predicted octanol–water partition coefficient (Wildman–Crippen LogP) is 7.24. The van der Waals surface area contributed by atoms with E-state index in [-0.39, 0.29) is 25.0 Å². The fourth-order valence-corrected chi connectivity index (χ4v) is 5.25. The Balaban J connectivity index is 1.50. The van der Waals surface area contributed by atoms with E-state index < -0.39 is 0 Å². The first-order valence-electron chi connectivity index (χ1n) is 14.1. The van der Waals surface area contributed by atoms with Crippen LogP contribution in [-0.4, -0.2) is 47.4 Å². The number of aromatic nitrogens is 2. The molecule has 1 aliphatic rings. The van der Waals surface area contributed by atoms with Gasteiger partial charge < -0.3 is 14.4 Å². The van der Waals surface area contributed by atoms with Gasteiger partial charge in [-0.3, -0.25) is 9.48 Å². The number of carbonyl (C=O) groups excluding carboxylic acids is 1. The summed E-state index contributed by atoms with van der Waals surface area (Å²) in [6.45, 7) is 16.3. The molecule has 0 radical (unpaired) electrons. The van der Waals surface area contributed by atoms with Crippen LogP contribution in [0.4, 0.5) is 5.69 Å². The number of fused-ring (bicyclic) bond motifs is 1. The zero-order chi connectivity index (χ0) is 28.9. The molecule has 0 spiro atoms. The lowest BCUT2D eigenvalue weighted by atomic mass is 9.94. The minimum Gasteiger partial charge on any atom is -0.487 e. The second-order valence-electron chi connectivity index (χ2n) is 10.7. The van der Waals surface area contributed by atoms with Crippen LogP contribution in [0, 0.1) is 6.57 Å². The van der Waals surface area contributed by atoms with E-state index >= 15 is 0 Å². The van der Waals surface area contributed by atoms with Gasteiger partial charge in [0, 0.05) is 30.1 Å². The third-order valence-electron chi connectivity index (χ3n) is 7.41. The van der Waals surface area contributed by atoms with Gasteiger partial charge in [0.2, 0.25) is 0 Å². The summed E-state index contributed by atoms with van der Waals surface area (Å²) in [7, 11) is 2.13. The van der Waals surface area contributed by atoms with Crippen LogP contribution >= 0.6 is 0 Å². The Kier molecular flexibility index (Phi) is 8.51. The summed E-state index contributed by atoms with van der Waals surface area (Å²) in [4.78, 5) is 18.2. The number of hydrogen-bond donors (Lipinski definition) is 0. The number of benzene rings is 3. The van der Waals surface area contributed by atoms with E-state index in [1.165, 1.54) is 5.57 Å². The molecule has 210 valence electrons. The number of rotatable bonds is 9. The van der Waals surface area contributed by atoms with E-state index in [0.29, 0.717) is 18.0 Å². The maximum atomic E-state index is 12.1. The molecule has 0 amide bonds. The molecule has 7 heteroatoms. The van der Waals surface area contributed by atoms with Gasteiger partial charge in [-0.2, -0.15) is 5.10 Å². The molecular formula is C34H36N4O3. The summed E-state index contributed by atoms with van der Waals surface area (Å²) in [6, 6.07) is 20.2. The van der Waals surface area contributed by atoms with Crippen LogP contribution in [0.15, 0.2) is 66.7 Å². The highest BCUT2D eigenvalue weighted by Gasteiger charge is 2.17. The van der Waals surface area contributed by atoms with Crippen LogP contribution in [0.3, 0.4) is 0 Å². The molecule has 0 saturated heterocycles. The van der Waals surface area contributed by atoms with Gasteiger partial charge in [0.05, 0.1) is 25.1 Å². The second kappa shape index (κ2) is 12.4. The summed E-state index contributed by atoms with van der Waals surface area (Å²) in [5.74, 6) is 0.365. The summed E-state index contributed by atoms with van der Waals surface area (Å²) >= 11 is 0. The Bertz CT molecular complexity index is 1640. The molecule has 0 saturated carbocycles. The van der Waals surface area contributed by atoms with Crippen molar-refractivity contribution in [2.45, 2.75) is 46.3 Å². The van der Waals surface area contributed by atoms with Gasteiger partial charge in [-0.05, 0) is 92.9 Å². The third kappa shape index (κ3) is 6.34. The lowest BCUT2D eigenvalue weighted by Crippen LogP contribution is -2.23. The van der Waals surface area contributed by atoms with Crippen molar-refractivity contribution in [3.8, 4) is 16.9 Å². The van der Waals surface area contributed by atoms with Crippen LogP contribution < -0.4 is 4.74 Å². The largest absolute Gasteiger partial charge is 0.487 e. The Morgan fingerprint density at radius 1 is 1.07 bits per heavy atom. The monoisotopic (exact) mass is 548 g/mol. The lowest BCUT2D eigenvalue weighted by molar-refractivity contribution is -0.142. The van der Waals surface area contributed by atoms with Crippen molar-refractivity contribution in [1.29, 1.82) is 0 Å². The highest BCUT2D eigenvalue weighted by molar-refractivity contribution is 5.88. The lowest BCUT2D eigenvalue weighted by Gasteiger charge is -2.22. The average Bonchev–Trinajstić information content (AvgIpc) is 3.35. The SMILES string of the molecule is [C-]#[N+]c1cc(C2=CCN(C)CC2)cc(-c2ccc3c(c2)c(COc2ccccc2CC(=O)OCC)nn3C(C)C)c1. The maximum Gasteiger partial charge on any atom is 0.310 e. The topological polar surface area (TPSA) is 61.0 Å². The number of likely N-dealkylation sites (N-methyl/N-ethyl adjacent to an activating group) is 1. The van der Waals surface area contributed by atoms with Gasteiger partial charge in [-0.15, -0.1) is 0 Å². The van der Waals surface area contributed by atoms with E-state index in [0.717, 1.165) is 58.4 Å². The van der Waals surface area contributed by atoms with Gasteiger partial charge in [-0.25, -0.2) is 4.85 Å². The molecule has 0 atom stereocenters. The molecule has 0 fully saturated rings. The summed E-state index contributed by atoms with van der Waals surface area (Å²) < 4.78 is 13.4. The highest BCUT2D eigenvalue weighted by Crippen LogP contribution is 2.34. The molecule has 4 aromatic rings. The van der Waals surface area contributed by atoms with E-state index in [4.69, 9.17) is 21.1 Å². The Labute approximate surface area is 241 Å². The minimum atomic E-state index is -0.278. The fourth-order valence-electron chi connectivity index (χ4n) is 5.25. The standard InChI is InChI=1S/C34H36N4O3/c1-6-40-34(39)21-26-9-7-8-10-33(26)41-22-31-30-20-25(11-12-32(30)38(36-31)23(2)3)28-17-27(18-29(19-28)35-4)24-13-15-37(5)16-14-24/h7-13,17-20,23H,6,14-16,21-22H2,1-3,5H3. The summed E-state index contributed by atoms with van der Waals surface area (Å²) in [5.41, 5.74) is 7.72. The molecule has 2 heterocycles. The molecule has 0 unspecified atom stereocenters. The van der Waals surface area contributed by atoms with Gasteiger partial charge in [0.15, 0.2) is 5.69 Å². The predicted molar refractivity (Wildman–Crippen MR) is 163 cm³/mol. The normalized spacial score (nSPS) is 13.7. The van der Waals surface area contributed by atoms with Gasteiger partial charge in [-0.1, -0.05) is 30.3 Å². The molecule has 0 N–H and O–H groups in total. The number of hydrogen-bond acceptors (Lipinski definition) is 5. The van der Waals surface area contributed by atoms with Crippen molar-refractivity contribution in [2.24, 2.45) is 0 Å². The molecule has 1 aliphatic heterocycles. The van der Waals surface area contributed by atoms with E-state index in [1.54, 1.807) is 6.92 Å². The maximum absolute atomic E-state index is 12.1. The number of nitrogens with zero attached hydrogens (tertiary/aromatic N) is 4.